The number of rotatable bonds is 2. The van der Waals surface area contributed by atoms with E-state index in [-0.39, 0.29) is 0 Å². The standard InChI is InChI=1S/C14H12N2/c1-2-4-13-9-11(5-6-12(13)3-1)10-14-7-8-15-16-14/h1-9H,10H2,(H,15,16). The number of aromatic nitrogens is 2. The lowest BCUT2D eigenvalue weighted by molar-refractivity contribution is 0.997. The number of H-pyrrole nitrogens is 1. The van der Waals surface area contributed by atoms with E-state index >= 15 is 0 Å². The second-order valence-corrected chi connectivity index (χ2v) is 3.94. The van der Waals surface area contributed by atoms with Crippen molar-refractivity contribution in [3.63, 3.8) is 0 Å². The quantitative estimate of drug-likeness (QED) is 0.688. The highest BCUT2D eigenvalue weighted by atomic mass is 15.1. The molecule has 0 atom stereocenters. The molecule has 1 N–H and O–H groups in total. The monoisotopic (exact) mass is 208 g/mol. The molecule has 1 heterocycles. The Morgan fingerprint density at radius 2 is 1.81 bits per heavy atom. The molecule has 2 aromatic carbocycles. The van der Waals surface area contributed by atoms with Gasteiger partial charge in [-0.15, -0.1) is 0 Å². The fourth-order valence-corrected chi connectivity index (χ4v) is 1.95. The Labute approximate surface area is 93.9 Å². The summed E-state index contributed by atoms with van der Waals surface area (Å²) < 4.78 is 0. The molecule has 0 bridgehead atoms. The maximum atomic E-state index is 3.96. The Morgan fingerprint density at radius 3 is 2.62 bits per heavy atom. The van der Waals surface area contributed by atoms with E-state index in [0.717, 1.165) is 12.1 Å². The summed E-state index contributed by atoms with van der Waals surface area (Å²) in [4.78, 5) is 0. The van der Waals surface area contributed by atoms with Gasteiger partial charge in [-0.05, 0) is 22.4 Å². The summed E-state index contributed by atoms with van der Waals surface area (Å²) in [5.74, 6) is 0. The molecule has 0 amide bonds. The van der Waals surface area contributed by atoms with Crippen molar-refractivity contribution in [2.24, 2.45) is 0 Å². The lowest BCUT2D eigenvalue weighted by atomic mass is 10.0. The van der Waals surface area contributed by atoms with Gasteiger partial charge in [-0.3, -0.25) is 5.10 Å². The first-order valence-corrected chi connectivity index (χ1v) is 5.38. The first-order chi connectivity index (χ1) is 7.92. The Morgan fingerprint density at radius 1 is 0.938 bits per heavy atom. The van der Waals surface area contributed by atoms with Crippen molar-refractivity contribution >= 4 is 10.8 Å². The summed E-state index contributed by atoms with van der Waals surface area (Å²) >= 11 is 0. The number of aromatic amines is 1. The van der Waals surface area contributed by atoms with Crippen LogP contribution in [0.15, 0.2) is 54.7 Å². The molecule has 2 heteroatoms. The summed E-state index contributed by atoms with van der Waals surface area (Å²) in [5, 5.41) is 9.52. The van der Waals surface area contributed by atoms with E-state index in [4.69, 9.17) is 0 Å². The van der Waals surface area contributed by atoms with Crippen LogP contribution in [0, 0.1) is 0 Å². The van der Waals surface area contributed by atoms with Crippen molar-refractivity contribution in [1.29, 1.82) is 0 Å². The first kappa shape index (κ1) is 9.16. The summed E-state index contributed by atoms with van der Waals surface area (Å²) in [6.45, 7) is 0. The highest BCUT2D eigenvalue weighted by Gasteiger charge is 1.98. The normalized spacial score (nSPS) is 10.8. The highest BCUT2D eigenvalue weighted by Crippen LogP contribution is 2.17. The molecule has 0 aliphatic carbocycles. The van der Waals surface area contributed by atoms with Gasteiger partial charge in [0.05, 0.1) is 0 Å². The minimum absolute atomic E-state index is 0.908. The SMILES string of the molecule is c1ccc2cc(Cc3ccn[nH]3)ccc2c1. The van der Waals surface area contributed by atoms with Crippen LogP contribution < -0.4 is 0 Å². The maximum Gasteiger partial charge on any atom is 0.0490 e. The largest absolute Gasteiger partial charge is 0.282 e. The van der Waals surface area contributed by atoms with Crippen LogP contribution in [0.2, 0.25) is 0 Å². The number of hydrogen-bond acceptors (Lipinski definition) is 1. The van der Waals surface area contributed by atoms with Gasteiger partial charge in [0.25, 0.3) is 0 Å². The predicted octanol–water partition coefficient (Wildman–Crippen LogP) is 3.15. The van der Waals surface area contributed by atoms with Crippen molar-refractivity contribution in [2.75, 3.05) is 0 Å². The van der Waals surface area contributed by atoms with Crippen LogP contribution >= 0.6 is 0 Å². The van der Waals surface area contributed by atoms with E-state index < -0.39 is 0 Å². The van der Waals surface area contributed by atoms with Crippen LogP contribution in [0.4, 0.5) is 0 Å². The third-order valence-electron chi connectivity index (χ3n) is 2.77. The molecule has 0 aliphatic heterocycles. The van der Waals surface area contributed by atoms with E-state index in [2.05, 4.69) is 52.7 Å². The van der Waals surface area contributed by atoms with E-state index in [0.29, 0.717) is 0 Å². The Balaban J connectivity index is 1.99. The molecule has 3 aromatic rings. The smallest absolute Gasteiger partial charge is 0.0490 e. The fraction of sp³-hybridized carbons (Fsp3) is 0.0714. The molecule has 1 aromatic heterocycles. The molecule has 0 fully saturated rings. The van der Waals surface area contributed by atoms with Gasteiger partial charge in [0.15, 0.2) is 0 Å². The molecule has 78 valence electrons. The van der Waals surface area contributed by atoms with Gasteiger partial charge < -0.3 is 0 Å². The molecule has 0 aliphatic rings. The Bertz CT molecular complexity index is 597. The van der Waals surface area contributed by atoms with E-state index in [1.807, 2.05) is 6.07 Å². The van der Waals surface area contributed by atoms with Crippen molar-refractivity contribution in [1.82, 2.24) is 10.2 Å². The average Bonchev–Trinajstić information content (AvgIpc) is 2.82. The van der Waals surface area contributed by atoms with E-state index in [1.165, 1.54) is 16.3 Å². The first-order valence-electron chi connectivity index (χ1n) is 5.38. The summed E-state index contributed by atoms with van der Waals surface area (Å²) in [5.41, 5.74) is 2.46. The molecule has 0 saturated carbocycles. The maximum absolute atomic E-state index is 3.96. The molecule has 0 radical (unpaired) electrons. The lowest BCUT2D eigenvalue weighted by Gasteiger charge is -2.02. The second-order valence-electron chi connectivity index (χ2n) is 3.94. The molecule has 16 heavy (non-hydrogen) atoms. The highest BCUT2D eigenvalue weighted by molar-refractivity contribution is 5.83. The molecule has 0 unspecified atom stereocenters. The van der Waals surface area contributed by atoms with Crippen molar-refractivity contribution in [3.05, 3.63) is 66.0 Å². The molecule has 2 nitrogen and oxygen atoms in total. The summed E-state index contributed by atoms with van der Waals surface area (Å²) in [7, 11) is 0. The third-order valence-corrected chi connectivity index (χ3v) is 2.77. The van der Waals surface area contributed by atoms with Crippen LogP contribution in [0.5, 0.6) is 0 Å². The molecular weight excluding hydrogens is 196 g/mol. The lowest BCUT2D eigenvalue weighted by Crippen LogP contribution is -1.88. The number of benzene rings is 2. The third kappa shape index (κ3) is 1.70. The topological polar surface area (TPSA) is 28.7 Å². The zero-order chi connectivity index (χ0) is 10.8. The molecular formula is C14H12N2. The van der Waals surface area contributed by atoms with Crippen LogP contribution in [0.3, 0.4) is 0 Å². The van der Waals surface area contributed by atoms with E-state index in [1.54, 1.807) is 6.20 Å². The average molecular weight is 208 g/mol. The Kier molecular flexibility index (Phi) is 2.18. The summed E-state index contributed by atoms with van der Waals surface area (Å²) in [6, 6.07) is 17.0. The van der Waals surface area contributed by atoms with Crippen LogP contribution in [0.25, 0.3) is 10.8 Å². The zero-order valence-corrected chi connectivity index (χ0v) is 8.85. The second kappa shape index (κ2) is 3.81. The Hall–Kier alpha value is -2.09. The van der Waals surface area contributed by atoms with Crippen molar-refractivity contribution < 1.29 is 0 Å². The van der Waals surface area contributed by atoms with Gasteiger partial charge in [0, 0.05) is 18.3 Å². The van der Waals surface area contributed by atoms with E-state index in [9.17, 15) is 0 Å². The van der Waals surface area contributed by atoms with Crippen LogP contribution in [-0.2, 0) is 6.42 Å². The van der Waals surface area contributed by atoms with Crippen molar-refractivity contribution in [2.45, 2.75) is 6.42 Å². The zero-order valence-electron chi connectivity index (χ0n) is 8.85. The summed E-state index contributed by atoms with van der Waals surface area (Å²) in [6.07, 6.45) is 2.70. The van der Waals surface area contributed by atoms with Crippen LogP contribution in [-0.4, -0.2) is 10.2 Å². The number of nitrogens with one attached hydrogen (secondary N) is 1. The number of fused-ring (bicyclic) bond motifs is 1. The minimum atomic E-state index is 0.908. The molecule has 3 rings (SSSR count). The molecule has 0 saturated heterocycles. The van der Waals surface area contributed by atoms with Gasteiger partial charge in [-0.25, -0.2) is 0 Å². The van der Waals surface area contributed by atoms with Crippen LogP contribution in [0.1, 0.15) is 11.3 Å². The predicted molar refractivity (Wildman–Crippen MR) is 65.3 cm³/mol. The number of hydrogen-bond donors (Lipinski definition) is 1. The number of nitrogens with zero attached hydrogens (tertiary/aromatic N) is 1. The van der Waals surface area contributed by atoms with Gasteiger partial charge >= 0.3 is 0 Å². The van der Waals surface area contributed by atoms with Gasteiger partial charge in [0.2, 0.25) is 0 Å². The minimum Gasteiger partial charge on any atom is -0.282 e. The van der Waals surface area contributed by atoms with Gasteiger partial charge in [-0.1, -0.05) is 42.5 Å². The van der Waals surface area contributed by atoms with Gasteiger partial charge in [0.1, 0.15) is 0 Å². The fourth-order valence-electron chi connectivity index (χ4n) is 1.95. The van der Waals surface area contributed by atoms with Crippen molar-refractivity contribution in [3.8, 4) is 0 Å². The molecule has 0 spiro atoms. The van der Waals surface area contributed by atoms with Gasteiger partial charge in [-0.2, -0.15) is 5.10 Å².